The van der Waals surface area contributed by atoms with Crippen LogP contribution in [0.3, 0.4) is 0 Å². The summed E-state index contributed by atoms with van der Waals surface area (Å²) < 4.78 is 28.8. The summed E-state index contributed by atoms with van der Waals surface area (Å²) in [5, 5.41) is 4.70. The van der Waals surface area contributed by atoms with Crippen LogP contribution in [0.5, 0.6) is 5.75 Å². The molecule has 0 aliphatic rings. The monoisotopic (exact) mass is 311 g/mol. The van der Waals surface area contributed by atoms with E-state index < -0.39 is 6.61 Å². The van der Waals surface area contributed by atoms with Crippen LogP contribution in [0.25, 0.3) is 0 Å². The molecule has 0 fully saturated rings. The minimum absolute atomic E-state index is 0.0795. The Hall–Kier alpha value is -1.95. The summed E-state index contributed by atoms with van der Waals surface area (Å²) >= 11 is 1.37. The Labute approximate surface area is 125 Å². The van der Waals surface area contributed by atoms with E-state index in [0.29, 0.717) is 10.4 Å². The van der Waals surface area contributed by atoms with Crippen LogP contribution >= 0.6 is 11.3 Å². The van der Waals surface area contributed by atoms with Crippen LogP contribution in [-0.2, 0) is 0 Å². The molecule has 2 rings (SSSR count). The summed E-state index contributed by atoms with van der Waals surface area (Å²) in [6.45, 7) is 0.800. The predicted octanol–water partition coefficient (Wildman–Crippen LogP) is 4.15. The average Bonchev–Trinajstić information content (AvgIpc) is 2.84. The van der Waals surface area contributed by atoms with Crippen molar-refractivity contribution in [1.29, 1.82) is 0 Å². The smallest absolute Gasteiger partial charge is 0.387 e. The first kappa shape index (κ1) is 15.4. The highest BCUT2D eigenvalue weighted by Crippen LogP contribution is 2.22. The molecule has 0 aliphatic heterocycles. The van der Waals surface area contributed by atoms with Gasteiger partial charge in [0, 0.05) is 0 Å². The molecule has 1 atom stereocenters. The molecular formula is C15H15F2NO2S. The van der Waals surface area contributed by atoms with Gasteiger partial charge < -0.3 is 10.1 Å². The van der Waals surface area contributed by atoms with Crippen molar-refractivity contribution in [2.24, 2.45) is 0 Å². The number of ether oxygens (including phenoxy) is 1. The van der Waals surface area contributed by atoms with E-state index in [0.717, 1.165) is 5.56 Å². The van der Waals surface area contributed by atoms with E-state index in [4.69, 9.17) is 0 Å². The summed E-state index contributed by atoms with van der Waals surface area (Å²) in [4.78, 5) is 12.8. The molecule has 21 heavy (non-hydrogen) atoms. The first-order valence-electron chi connectivity index (χ1n) is 6.37. The van der Waals surface area contributed by atoms with Gasteiger partial charge in [-0.2, -0.15) is 8.78 Å². The standard InChI is InChI=1S/C15H15F2NO2S/c1-9-6-7-21-13(9)14(19)18-10(2)11-4-3-5-12(8-11)20-15(16)17/h3-8,10,15H,1-2H3,(H,18,19)/t10-/m1/s1. The number of carbonyl (C=O) groups excluding carboxylic acids is 1. The zero-order valence-electron chi connectivity index (χ0n) is 11.6. The number of rotatable bonds is 5. The molecule has 0 saturated heterocycles. The molecule has 0 bridgehead atoms. The van der Waals surface area contributed by atoms with Gasteiger partial charge >= 0.3 is 6.61 Å². The lowest BCUT2D eigenvalue weighted by Gasteiger charge is -2.15. The molecule has 1 aromatic heterocycles. The van der Waals surface area contributed by atoms with E-state index in [-0.39, 0.29) is 17.7 Å². The Balaban J connectivity index is 2.08. The molecule has 2 aromatic rings. The first-order chi connectivity index (χ1) is 9.97. The fraction of sp³-hybridized carbons (Fsp3) is 0.267. The van der Waals surface area contributed by atoms with E-state index in [1.807, 2.05) is 18.4 Å². The van der Waals surface area contributed by atoms with E-state index in [9.17, 15) is 13.6 Å². The van der Waals surface area contributed by atoms with Crippen molar-refractivity contribution < 1.29 is 18.3 Å². The van der Waals surface area contributed by atoms with Crippen LogP contribution in [-0.4, -0.2) is 12.5 Å². The van der Waals surface area contributed by atoms with Gasteiger partial charge in [-0.3, -0.25) is 4.79 Å². The minimum atomic E-state index is -2.86. The quantitative estimate of drug-likeness (QED) is 0.901. The summed E-state index contributed by atoms with van der Waals surface area (Å²) in [5.74, 6) is -0.0916. The summed E-state index contributed by atoms with van der Waals surface area (Å²) in [7, 11) is 0. The average molecular weight is 311 g/mol. The molecule has 0 spiro atoms. The number of hydrogen-bond donors (Lipinski definition) is 1. The lowest BCUT2D eigenvalue weighted by atomic mass is 10.1. The molecule has 6 heteroatoms. The number of nitrogens with one attached hydrogen (secondary N) is 1. The third-order valence-electron chi connectivity index (χ3n) is 3.00. The van der Waals surface area contributed by atoms with Crippen LogP contribution in [0.2, 0.25) is 0 Å². The second-order valence-electron chi connectivity index (χ2n) is 4.58. The van der Waals surface area contributed by atoms with Crippen molar-refractivity contribution in [3.63, 3.8) is 0 Å². The van der Waals surface area contributed by atoms with Crippen molar-refractivity contribution in [3.8, 4) is 5.75 Å². The zero-order chi connectivity index (χ0) is 15.4. The number of thiophene rings is 1. The number of alkyl halides is 2. The third-order valence-corrected chi connectivity index (χ3v) is 4.01. The maximum absolute atomic E-state index is 12.2. The summed E-state index contributed by atoms with van der Waals surface area (Å²) in [6, 6.07) is 7.89. The second kappa shape index (κ2) is 6.67. The molecule has 0 saturated carbocycles. The van der Waals surface area contributed by atoms with Gasteiger partial charge in [0.1, 0.15) is 5.75 Å². The van der Waals surface area contributed by atoms with Crippen LogP contribution in [0, 0.1) is 6.92 Å². The van der Waals surface area contributed by atoms with E-state index in [1.165, 1.54) is 23.5 Å². The number of aryl methyl sites for hydroxylation is 1. The van der Waals surface area contributed by atoms with Crippen LogP contribution in [0.4, 0.5) is 8.78 Å². The van der Waals surface area contributed by atoms with Gasteiger partial charge in [0.15, 0.2) is 0 Å². The number of amides is 1. The van der Waals surface area contributed by atoms with Crippen molar-refractivity contribution in [3.05, 3.63) is 51.7 Å². The van der Waals surface area contributed by atoms with Gasteiger partial charge in [-0.05, 0) is 48.6 Å². The summed E-state index contributed by atoms with van der Waals surface area (Å²) in [6.07, 6.45) is 0. The van der Waals surface area contributed by atoms with Gasteiger partial charge in [-0.1, -0.05) is 12.1 Å². The molecule has 1 N–H and O–H groups in total. The van der Waals surface area contributed by atoms with Crippen molar-refractivity contribution in [2.75, 3.05) is 0 Å². The Morgan fingerprint density at radius 1 is 1.33 bits per heavy atom. The van der Waals surface area contributed by atoms with E-state index in [2.05, 4.69) is 10.1 Å². The maximum Gasteiger partial charge on any atom is 0.387 e. The fourth-order valence-corrected chi connectivity index (χ4v) is 2.74. The number of carbonyl (C=O) groups is 1. The number of benzene rings is 1. The highest BCUT2D eigenvalue weighted by atomic mass is 32.1. The van der Waals surface area contributed by atoms with E-state index in [1.54, 1.807) is 19.1 Å². The predicted molar refractivity (Wildman–Crippen MR) is 78.0 cm³/mol. The van der Waals surface area contributed by atoms with Crippen LogP contribution < -0.4 is 10.1 Å². The first-order valence-corrected chi connectivity index (χ1v) is 7.25. The van der Waals surface area contributed by atoms with Crippen molar-refractivity contribution in [1.82, 2.24) is 5.32 Å². The van der Waals surface area contributed by atoms with Gasteiger partial charge in [-0.25, -0.2) is 0 Å². The van der Waals surface area contributed by atoms with Crippen molar-refractivity contribution >= 4 is 17.2 Å². The van der Waals surface area contributed by atoms with Crippen LogP contribution in [0.1, 0.15) is 33.8 Å². The van der Waals surface area contributed by atoms with Gasteiger partial charge in [0.05, 0.1) is 10.9 Å². The Morgan fingerprint density at radius 3 is 2.71 bits per heavy atom. The molecule has 1 amide bonds. The maximum atomic E-state index is 12.2. The van der Waals surface area contributed by atoms with Crippen LogP contribution in [0.15, 0.2) is 35.7 Å². The number of halogens is 2. The van der Waals surface area contributed by atoms with Gasteiger partial charge in [-0.15, -0.1) is 11.3 Å². The Kier molecular flexibility index (Phi) is 4.90. The number of hydrogen-bond acceptors (Lipinski definition) is 3. The lowest BCUT2D eigenvalue weighted by Crippen LogP contribution is -2.26. The molecule has 3 nitrogen and oxygen atoms in total. The van der Waals surface area contributed by atoms with Gasteiger partial charge in [0.25, 0.3) is 5.91 Å². The highest BCUT2D eigenvalue weighted by Gasteiger charge is 2.15. The van der Waals surface area contributed by atoms with Gasteiger partial charge in [0.2, 0.25) is 0 Å². The van der Waals surface area contributed by atoms with Crippen molar-refractivity contribution in [2.45, 2.75) is 26.5 Å². The molecule has 0 radical (unpaired) electrons. The topological polar surface area (TPSA) is 38.3 Å². The fourth-order valence-electron chi connectivity index (χ4n) is 1.91. The molecule has 1 heterocycles. The largest absolute Gasteiger partial charge is 0.435 e. The second-order valence-corrected chi connectivity index (χ2v) is 5.49. The highest BCUT2D eigenvalue weighted by molar-refractivity contribution is 7.12. The SMILES string of the molecule is Cc1ccsc1C(=O)N[C@H](C)c1cccc(OC(F)F)c1. The molecule has 0 aliphatic carbocycles. The molecular weight excluding hydrogens is 296 g/mol. The normalized spacial score (nSPS) is 12.2. The Morgan fingerprint density at radius 2 is 2.10 bits per heavy atom. The Bertz CT molecular complexity index is 628. The zero-order valence-corrected chi connectivity index (χ0v) is 12.4. The lowest BCUT2D eigenvalue weighted by molar-refractivity contribution is -0.0499. The minimum Gasteiger partial charge on any atom is -0.435 e. The molecule has 112 valence electrons. The molecule has 0 unspecified atom stereocenters. The van der Waals surface area contributed by atoms with E-state index >= 15 is 0 Å². The third kappa shape index (κ3) is 4.01. The molecule has 1 aromatic carbocycles. The summed E-state index contributed by atoms with van der Waals surface area (Å²) in [5.41, 5.74) is 1.62.